The number of rotatable bonds is 6. The van der Waals surface area contributed by atoms with Gasteiger partial charge in [0.2, 0.25) is 5.91 Å². The van der Waals surface area contributed by atoms with E-state index in [0.717, 1.165) is 11.1 Å². The van der Waals surface area contributed by atoms with E-state index in [1.807, 2.05) is 31.2 Å². The highest BCUT2D eigenvalue weighted by Gasteiger charge is 2.38. The third-order valence-corrected chi connectivity index (χ3v) is 3.52. The molecule has 6 nitrogen and oxygen atoms in total. The van der Waals surface area contributed by atoms with Crippen LogP contribution < -0.4 is 5.32 Å². The van der Waals surface area contributed by atoms with Crippen LogP contribution in [0.3, 0.4) is 0 Å². The summed E-state index contributed by atoms with van der Waals surface area (Å²) in [5.41, 5.74) is 1.91. The van der Waals surface area contributed by atoms with Crippen molar-refractivity contribution >= 4 is 5.91 Å². The molecule has 0 radical (unpaired) electrons. The van der Waals surface area contributed by atoms with Crippen LogP contribution in [0.15, 0.2) is 28.8 Å². The van der Waals surface area contributed by atoms with Crippen LogP contribution in [-0.4, -0.2) is 41.6 Å². The first kappa shape index (κ1) is 18.9. The summed E-state index contributed by atoms with van der Waals surface area (Å²) in [6, 6.07) is 7.06. The first-order valence-corrected chi connectivity index (χ1v) is 7.59. The molecule has 1 atom stereocenters. The Labute approximate surface area is 143 Å². The van der Waals surface area contributed by atoms with Crippen LogP contribution in [0.2, 0.25) is 0 Å². The first-order chi connectivity index (χ1) is 11.7. The van der Waals surface area contributed by atoms with Crippen molar-refractivity contribution in [2.24, 2.45) is 0 Å². The van der Waals surface area contributed by atoms with Gasteiger partial charge < -0.3 is 9.84 Å². The first-order valence-electron chi connectivity index (χ1n) is 7.59. The molecule has 25 heavy (non-hydrogen) atoms. The lowest BCUT2D eigenvalue weighted by atomic mass is 10.0. The van der Waals surface area contributed by atoms with Gasteiger partial charge in [-0.25, -0.2) is 0 Å². The molecule has 1 aromatic heterocycles. The average Bonchev–Trinajstić information content (AvgIpc) is 2.98. The summed E-state index contributed by atoms with van der Waals surface area (Å²) in [7, 11) is 3.55. The monoisotopic (exact) mass is 356 g/mol. The summed E-state index contributed by atoms with van der Waals surface area (Å²) in [5.74, 6) is -1.75. The molecule has 0 saturated heterocycles. The maximum Gasteiger partial charge on any atom is 0.471 e. The Hall–Kier alpha value is -2.42. The van der Waals surface area contributed by atoms with Gasteiger partial charge in [0.15, 0.2) is 5.82 Å². The zero-order valence-corrected chi connectivity index (χ0v) is 14.1. The lowest BCUT2D eigenvalue weighted by molar-refractivity contribution is -0.159. The molecular weight excluding hydrogens is 337 g/mol. The topological polar surface area (TPSA) is 71.3 Å². The van der Waals surface area contributed by atoms with E-state index >= 15 is 0 Å². The fourth-order valence-electron chi connectivity index (χ4n) is 2.30. The number of aromatic nitrogens is 2. The molecule has 2 rings (SSSR count). The number of hydrogen-bond donors (Lipinski definition) is 1. The van der Waals surface area contributed by atoms with E-state index in [-0.39, 0.29) is 24.7 Å². The maximum atomic E-state index is 12.4. The summed E-state index contributed by atoms with van der Waals surface area (Å²) < 4.78 is 41.3. The number of carbonyl (C=O) groups excluding carboxylic acids is 1. The molecule has 0 fully saturated rings. The van der Waals surface area contributed by atoms with Crippen LogP contribution in [0.1, 0.15) is 28.9 Å². The van der Waals surface area contributed by atoms with Crippen molar-refractivity contribution in [1.29, 1.82) is 0 Å². The van der Waals surface area contributed by atoms with Crippen LogP contribution in [0.5, 0.6) is 0 Å². The van der Waals surface area contributed by atoms with Crippen molar-refractivity contribution in [3.05, 3.63) is 47.1 Å². The Balaban J connectivity index is 1.95. The molecule has 1 N–H and O–H groups in total. The summed E-state index contributed by atoms with van der Waals surface area (Å²) in [6.07, 6.45) is -4.63. The molecule has 9 heteroatoms. The molecule has 2 aromatic rings. The number of nitrogens with zero attached hydrogens (tertiary/aromatic N) is 3. The fourth-order valence-corrected chi connectivity index (χ4v) is 2.30. The highest BCUT2D eigenvalue weighted by Crippen LogP contribution is 2.27. The third-order valence-electron chi connectivity index (χ3n) is 3.52. The molecule has 0 bridgehead atoms. The molecule has 136 valence electrons. The summed E-state index contributed by atoms with van der Waals surface area (Å²) in [4.78, 5) is 17.4. The number of carbonyl (C=O) groups is 1. The Morgan fingerprint density at radius 3 is 2.44 bits per heavy atom. The van der Waals surface area contributed by atoms with E-state index in [2.05, 4.69) is 20.0 Å². The van der Waals surface area contributed by atoms with Gasteiger partial charge in [0, 0.05) is 13.0 Å². The van der Waals surface area contributed by atoms with Gasteiger partial charge in [-0.3, -0.25) is 9.69 Å². The summed E-state index contributed by atoms with van der Waals surface area (Å²) in [6.45, 7) is 2.06. The van der Waals surface area contributed by atoms with Crippen LogP contribution in [0.4, 0.5) is 13.2 Å². The smallest absolute Gasteiger partial charge is 0.354 e. The van der Waals surface area contributed by atoms with E-state index in [1.54, 1.807) is 19.0 Å². The summed E-state index contributed by atoms with van der Waals surface area (Å²) >= 11 is 0. The zero-order valence-electron chi connectivity index (χ0n) is 14.1. The average molecular weight is 356 g/mol. The van der Waals surface area contributed by atoms with Crippen molar-refractivity contribution in [2.45, 2.75) is 25.6 Å². The van der Waals surface area contributed by atoms with E-state index in [1.165, 1.54) is 0 Å². The van der Waals surface area contributed by atoms with Crippen molar-refractivity contribution < 1.29 is 22.5 Å². The minimum Gasteiger partial charge on any atom is -0.354 e. The molecule has 0 unspecified atom stereocenters. The Morgan fingerprint density at radius 1 is 1.28 bits per heavy atom. The highest BCUT2D eigenvalue weighted by atomic mass is 19.4. The van der Waals surface area contributed by atoms with Crippen molar-refractivity contribution in [3.63, 3.8) is 0 Å². The standard InChI is InChI=1S/C16H19F3N4O2/c1-10-4-6-11(7-5-10)13(23(2)3)14(24)20-9-8-12-21-15(25-22-12)16(17,18)19/h4-7,13H,8-9H2,1-3H3,(H,20,24)/t13-/m0/s1. The van der Waals surface area contributed by atoms with Crippen LogP contribution in [-0.2, 0) is 17.4 Å². The molecule has 1 heterocycles. The molecule has 0 aliphatic heterocycles. The fraction of sp³-hybridized carbons (Fsp3) is 0.438. The Bertz CT molecular complexity index is 711. The van der Waals surface area contributed by atoms with Gasteiger partial charge in [-0.2, -0.15) is 18.2 Å². The number of nitrogens with one attached hydrogen (secondary N) is 1. The van der Waals surface area contributed by atoms with Crippen molar-refractivity contribution in [3.8, 4) is 0 Å². The number of amides is 1. The van der Waals surface area contributed by atoms with Crippen molar-refractivity contribution in [1.82, 2.24) is 20.4 Å². The SMILES string of the molecule is Cc1ccc([C@@H](C(=O)NCCc2noc(C(F)(F)F)n2)N(C)C)cc1. The van der Waals surface area contributed by atoms with E-state index in [9.17, 15) is 18.0 Å². The third kappa shape index (κ3) is 5.02. The predicted molar refractivity (Wildman–Crippen MR) is 83.6 cm³/mol. The van der Waals surface area contributed by atoms with Crippen LogP contribution in [0, 0.1) is 6.92 Å². The number of alkyl halides is 3. The van der Waals surface area contributed by atoms with Crippen LogP contribution in [0.25, 0.3) is 0 Å². The molecule has 1 aromatic carbocycles. The molecule has 1 amide bonds. The second kappa shape index (κ2) is 7.64. The molecule has 0 saturated carbocycles. The predicted octanol–water partition coefficient (Wildman–Crippen LogP) is 2.36. The maximum absolute atomic E-state index is 12.4. The lowest BCUT2D eigenvalue weighted by Gasteiger charge is -2.23. The zero-order chi connectivity index (χ0) is 18.6. The van der Waals surface area contributed by atoms with Gasteiger partial charge in [-0.15, -0.1) is 0 Å². The second-order valence-electron chi connectivity index (χ2n) is 5.83. The van der Waals surface area contributed by atoms with Gasteiger partial charge in [0.25, 0.3) is 0 Å². The Kier molecular flexibility index (Phi) is 5.78. The minimum absolute atomic E-state index is 0.0410. The van der Waals surface area contributed by atoms with Gasteiger partial charge in [0.1, 0.15) is 6.04 Å². The molecule has 0 spiro atoms. The largest absolute Gasteiger partial charge is 0.471 e. The van der Waals surface area contributed by atoms with Crippen molar-refractivity contribution in [2.75, 3.05) is 20.6 Å². The summed E-state index contributed by atoms with van der Waals surface area (Å²) in [5, 5.41) is 5.95. The van der Waals surface area contributed by atoms with Gasteiger partial charge in [-0.05, 0) is 26.6 Å². The normalized spacial score (nSPS) is 13.1. The van der Waals surface area contributed by atoms with Gasteiger partial charge in [-0.1, -0.05) is 35.0 Å². The van der Waals surface area contributed by atoms with E-state index in [0.29, 0.717) is 0 Å². The lowest BCUT2D eigenvalue weighted by Crippen LogP contribution is -2.38. The Morgan fingerprint density at radius 2 is 1.92 bits per heavy atom. The number of benzene rings is 1. The van der Waals surface area contributed by atoms with E-state index in [4.69, 9.17) is 0 Å². The number of hydrogen-bond acceptors (Lipinski definition) is 5. The van der Waals surface area contributed by atoms with Crippen LogP contribution >= 0.6 is 0 Å². The quantitative estimate of drug-likeness (QED) is 0.860. The number of aryl methyl sites for hydroxylation is 1. The highest BCUT2D eigenvalue weighted by molar-refractivity contribution is 5.83. The van der Waals surface area contributed by atoms with Gasteiger partial charge >= 0.3 is 12.1 Å². The van der Waals surface area contributed by atoms with Gasteiger partial charge in [0.05, 0.1) is 0 Å². The number of likely N-dealkylation sites (N-methyl/N-ethyl adjacent to an activating group) is 1. The second-order valence-corrected chi connectivity index (χ2v) is 5.83. The minimum atomic E-state index is -4.67. The molecule has 0 aliphatic carbocycles. The van der Waals surface area contributed by atoms with E-state index < -0.39 is 18.1 Å². The number of halogens is 3. The molecule has 0 aliphatic rings. The molecular formula is C16H19F3N4O2.